The highest BCUT2D eigenvalue weighted by atomic mass is 16.7. The minimum atomic E-state index is -0.546. The number of oxime groups is 1. The smallest absolute Gasteiger partial charge is 0.266 e. The Kier molecular flexibility index (Phi) is 3.09. The van der Waals surface area contributed by atoms with E-state index in [0.29, 0.717) is 30.1 Å². The SMILES string of the molecule is COc1cc(C[C@@H]2CC(C(N)=O)=NO2)cc2c1OCO2. The zero-order chi connectivity index (χ0) is 14.1. The van der Waals surface area contributed by atoms with Gasteiger partial charge in [0.25, 0.3) is 5.91 Å². The van der Waals surface area contributed by atoms with Crippen LogP contribution in [0.1, 0.15) is 12.0 Å². The second-order valence-electron chi connectivity index (χ2n) is 4.57. The van der Waals surface area contributed by atoms with Crippen molar-refractivity contribution >= 4 is 11.6 Å². The normalized spacial score (nSPS) is 19.4. The number of methoxy groups -OCH3 is 1. The molecule has 1 aromatic carbocycles. The number of hydrogen-bond acceptors (Lipinski definition) is 6. The van der Waals surface area contributed by atoms with Gasteiger partial charge in [0.2, 0.25) is 12.5 Å². The lowest BCUT2D eigenvalue weighted by molar-refractivity contribution is -0.112. The summed E-state index contributed by atoms with van der Waals surface area (Å²) in [4.78, 5) is 16.2. The van der Waals surface area contributed by atoms with Crippen LogP contribution in [0.5, 0.6) is 17.2 Å². The Bertz CT molecular complexity index is 584. The third-order valence-electron chi connectivity index (χ3n) is 3.20. The second-order valence-corrected chi connectivity index (χ2v) is 4.57. The van der Waals surface area contributed by atoms with Crippen molar-refractivity contribution in [3.8, 4) is 17.2 Å². The molecule has 2 aliphatic rings. The molecule has 0 bridgehead atoms. The van der Waals surface area contributed by atoms with Gasteiger partial charge in [-0.25, -0.2) is 0 Å². The molecule has 1 atom stereocenters. The highest BCUT2D eigenvalue weighted by Gasteiger charge is 2.26. The zero-order valence-electron chi connectivity index (χ0n) is 10.9. The van der Waals surface area contributed by atoms with Gasteiger partial charge in [-0.15, -0.1) is 0 Å². The first kappa shape index (κ1) is 12.6. The summed E-state index contributed by atoms with van der Waals surface area (Å²) in [5, 5.41) is 3.68. The van der Waals surface area contributed by atoms with Crippen molar-refractivity contribution in [2.75, 3.05) is 13.9 Å². The van der Waals surface area contributed by atoms with Crippen molar-refractivity contribution < 1.29 is 23.8 Å². The monoisotopic (exact) mass is 278 g/mol. The summed E-state index contributed by atoms with van der Waals surface area (Å²) in [6, 6.07) is 3.73. The van der Waals surface area contributed by atoms with E-state index >= 15 is 0 Å². The maximum Gasteiger partial charge on any atom is 0.266 e. The molecule has 7 nitrogen and oxygen atoms in total. The maximum absolute atomic E-state index is 11.0. The average molecular weight is 278 g/mol. The average Bonchev–Trinajstić information content (AvgIpc) is 3.06. The molecule has 0 aliphatic carbocycles. The number of nitrogens with zero attached hydrogens (tertiary/aromatic N) is 1. The number of amides is 1. The standard InChI is InChI=1S/C13H14N2O5/c1-17-10-3-7(4-11-12(10)19-6-18-11)2-8-5-9(13(14)16)15-20-8/h3-4,8H,2,5-6H2,1H3,(H2,14,16)/t8-/m1/s1. The first-order valence-corrected chi connectivity index (χ1v) is 6.16. The van der Waals surface area contributed by atoms with Gasteiger partial charge in [-0.05, 0) is 17.7 Å². The van der Waals surface area contributed by atoms with E-state index in [1.807, 2.05) is 12.1 Å². The van der Waals surface area contributed by atoms with E-state index < -0.39 is 5.91 Å². The van der Waals surface area contributed by atoms with Crippen molar-refractivity contribution in [3.05, 3.63) is 17.7 Å². The molecule has 0 unspecified atom stereocenters. The van der Waals surface area contributed by atoms with Crippen LogP contribution in [0.15, 0.2) is 17.3 Å². The molecule has 0 fully saturated rings. The number of rotatable bonds is 4. The fraction of sp³-hybridized carbons (Fsp3) is 0.385. The van der Waals surface area contributed by atoms with Crippen molar-refractivity contribution in [1.29, 1.82) is 0 Å². The van der Waals surface area contributed by atoms with Gasteiger partial charge < -0.3 is 24.8 Å². The van der Waals surface area contributed by atoms with E-state index in [9.17, 15) is 4.79 Å². The molecule has 0 saturated heterocycles. The van der Waals surface area contributed by atoms with E-state index in [2.05, 4.69) is 5.16 Å². The number of carbonyl (C=O) groups excluding carboxylic acids is 1. The molecular formula is C13H14N2O5. The van der Waals surface area contributed by atoms with Crippen molar-refractivity contribution in [3.63, 3.8) is 0 Å². The van der Waals surface area contributed by atoms with E-state index in [-0.39, 0.29) is 18.6 Å². The fourth-order valence-corrected chi connectivity index (χ4v) is 2.25. The summed E-state index contributed by atoms with van der Waals surface area (Å²) in [7, 11) is 1.57. The van der Waals surface area contributed by atoms with Crippen molar-refractivity contribution in [2.45, 2.75) is 18.9 Å². The molecule has 2 N–H and O–H groups in total. The summed E-state index contributed by atoms with van der Waals surface area (Å²) in [6.45, 7) is 0.185. The predicted octanol–water partition coefficient (Wildman–Crippen LogP) is 0.597. The van der Waals surface area contributed by atoms with Gasteiger partial charge in [-0.1, -0.05) is 5.16 Å². The molecular weight excluding hydrogens is 264 g/mol. The Hall–Kier alpha value is -2.44. The van der Waals surface area contributed by atoms with E-state index in [1.54, 1.807) is 7.11 Å². The number of primary amides is 1. The lowest BCUT2D eigenvalue weighted by atomic mass is 10.0. The highest BCUT2D eigenvalue weighted by Crippen LogP contribution is 2.42. The van der Waals surface area contributed by atoms with Gasteiger partial charge in [-0.3, -0.25) is 4.79 Å². The molecule has 0 aromatic heterocycles. The zero-order valence-corrected chi connectivity index (χ0v) is 10.9. The van der Waals surface area contributed by atoms with E-state index in [0.717, 1.165) is 5.56 Å². The fourth-order valence-electron chi connectivity index (χ4n) is 2.25. The molecule has 0 radical (unpaired) electrons. The van der Waals surface area contributed by atoms with Crippen LogP contribution in [-0.2, 0) is 16.1 Å². The van der Waals surface area contributed by atoms with Gasteiger partial charge in [0.1, 0.15) is 11.8 Å². The summed E-state index contributed by atoms with van der Waals surface area (Å²) >= 11 is 0. The lowest BCUT2D eigenvalue weighted by Gasteiger charge is -2.11. The molecule has 106 valence electrons. The van der Waals surface area contributed by atoms with Gasteiger partial charge in [0.05, 0.1) is 7.11 Å². The second kappa shape index (κ2) is 4.92. The summed E-state index contributed by atoms with van der Waals surface area (Å²) in [5.41, 5.74) is 6.39. The first-order chi connectivity index (χ1) is 9.67. The summed E-state index contributed by atoms with van der Waals surface area (Å²) in [5.74, 6) is 1.32. The maximum atomic E-state index is 11.0. The number of carbonyl (C=O) groups is 1. The molecule has 1 aromatic rings. The van der Waals surface area contributed by atoms with Gasteiger partial charge in [0.15, 0.2) is 11.5 Å². The number of fused-ring (bicyclic) bond motifs is 1. The van der Waals surface area contributed by atoms with Gasteiger partial charge >= 0.3 is 0 Å². The summed E-state index contributed by atoms with van der Waals surface area (Å²) < 4.78 is 16.0. The first-order valence-electron chi connectivity index (χ1n) is 6.16. The highest BCUT2D eigenvalue weighted by molar-refractivity contribution is 6.38. The third-order valence-corrected chi connectivity index (χ3v) is 3.20. The third kappa shape index (κ3) is 2.22. The largest absolute Gasteiger partial charge is 0.493 e. The molecule has 2 aliphatic heterocycles. The predicted molar refractivity (Wildman–Crippen MR) is 68.9 cm³/mol. The van der Waals surface area contributed by atoms with Crippen LogP contribution in [0.2, 0.25) is 0 Å². The van der Waals surface area contributed by atoms with Crippen molar-refractivity contribution in [2.24, 2.45) is 10.9 Å². The molecule has 7 heteroatoms. The van der Waals surface area contributed by atoms with Gasteiger partial charge in [0, 0.05) is 12.8 Å². The number of nitrogens with two attached hydrogens (primary N) is 1. The Morgan fingerprint density at radius 2 is 2.35 bits per heavy atom. The van der Waals surface area contributed by atoms with Crippen LogP contribution in [-0.4, -0.2) is 31.6 Å². The van der Waals surface area contributed by atoms with Crippen LogP contribution in [0, 0.1) is 0 Å². The number of ether oxygens (including phenoxy) is 3. The van der Waals surface area contributed by atoms with Gasteiger partial charge in [-0.2, -0.15) is 0 Å². The van der Waals surface area contributed by atoms with Crippen LogP contribution >= 0.6 is 0 Å². The number of hydrogen-bond donors (Lipinski definition) is 1. The topological polar surface area (TPSA) is 92.4 Å². The minimum Gasteiger partial charge on any atom is -0.493 e. The Labute approximate surface area is 115 Å². The van der Waals surface area contributed by atoms with E-state index in [4.69, 9.17) is 24.8 Å². The van der Waals surface area contributed by atoms with E-state index in [1.165, 1.54) is 0 Å². The molecule has 0 spiro atoms. The molecule has 20 heavy (non-hydrogen) atoms. The summed E-state index contributed by atoms with van der Waals surface area (Å²) in [6.07, 6.45) is 0.780. The number of benzene rings is 1. The van der Waals surface area contributed by atoms with Crippen molar-refractivity contribution in [1.82, 2.24) is 0 Å². The molecule has 0 saturated carbocycles. The quantitative estimate of drug-likeness (QED) is 0.870. The molecule has 3 rings (SSSR count). The van der Waals surface area contributed by atoms with Crippen LogP contribution in [0.3, 0.4) is 0 Å². The Balaban J connectivity index is 1.75. The molecule has 2 heterocycles. The van der Waals surface area contributed by atoms with Crippen LogP contribution in [0.4, 0.5) is 0 Å². The minimum absolute atomic E-state index is 0.185. The van der Waals surface area contributed by atoms with Crippen LogP contribution < -0.4 is 19.9 Å². The Morgan fingerprint density at radius 3 is 3.05 bits per heavy atom. The lowest BCUT2D eigenvalue weighted by Crippen LogP contribution is -2.23. The van der Waals surface area contributed by atoms with Crippen LogP contribution in [0.25, 0.3) is 0 Å². The Morgan fingerprint density at radius 1 is 1.50 bits per heavy atom. The molecule has 1 amide bonds.